The van der Waals surface area contributed by atoms with Gasteiger partial charge in [-0.1, -0.05) is 53.0 Å². The van der Waals surface area contributed by atoms with Crippen molar-refractivity contribution in [3.05, 3.63) is 108 Å². The van der Waals surface area contributed by atoms with Crippen LogP contribution in [0.4, 0.5) is 0 Å². The van der Waals surface area contributed by atoms with Gasteiger partial charge in [0.05, 0.1) is 32.2 Å². The second-order valence-corrected chi connectivity index (χ2v) is 7.79. The van der Waals surface area contributed by atoms with Crippen molar-refractivity contribution in [3.63, 3.8) is 0 Å². The van der Waals surface area contributed by atoms with E-state index in [4.69, 9.17) is 39.5 Å². The molecule has 0 spiro atoms. The van der Waals surface area contributed by atoms with Crippen LogP contribution in [0.15, 0.2) is 75.4 Å². The van der Waals surface area contributed by atoms with Crippen molar-refractivity contribution < 1.29 is 4.74 Å². The maximum atomic E-state index is 12.5. The molecule has 0 saturated carbocycles. The maximum Gasteiger partial charge on any atom is 0.349 e. The second kappa shape index (κ2) is 8.98. The number of hydrogen-bond donors (Lipinski definition) is 1. The Hall–Kier alpha value is -3.06. The normalized spacial score (nSPS) is 11.3. The molecule has 9 heteroatoms. The number of fused-ring (bicyclic) bond motifs is 1. The summed E-state index contributed by atoms with van der Waals surface area (Å²) in [6.07, 6.45) is 1.38. The van der Waals surface area contributed by atoms with E-state index in [9.17, 15) is 9.59 Å². The van der Waals surface area contributed by atoms with Crippen LogP contribution in [0.1, 0.15) is 11.1 Å². The molecule has 0 fully saturated rings. The minimum Gasteiger partial charge on any atom is -0.487 e. The highest BCUT2D eigenvalue weighted by Gasteiger charge is 2.07. The van der Waals surface area contributed by atoms with E-state index >= 15 is 0 Å². The van der Waals surface area contributed by atoms with Crippen molar-refractivity contribution >= 4 is 51.9 Å². The third-order valence-electron chi connectivity index (χ3n) is 4.44. The lowest BCUT2D eigenvalue weighted by molar-refractivity contribution is 0.306. The highest BCUT2D eigenvalue weighted by molar-refractivity contribution is 6.42. The molecular formula is C22H14Cl3N3O3. The fraction of sp³-hybridized carbons (Fsp3) is 0.0455. The summed E-state index contributed by atoms with van der Waals surface area (Å²) in [5.41, 5.74) is 0.740. The molecule has 1 aromatic heterocycles. The number of halogens is 3. The monoisotopic (exact) mass is 473 g/mol. The summed E-state index contributed by atoms with van der Waals surface area (Å²) in [6.45, 7) is 0.256. The lowest BCUT2D eigenvalue weighted by Gasteiger charge is -2.09. The van der Waals surface area contributed by atoms with E-state index < -0.39 is 11.2 Å². The Labute approximate surface area is 191 Å². The second-order valence-electron chi connectivity index (χ2n) is 6.56. The standard InChI is InChI=1S/C22H14Cl3N3O3/c23-16-7-5-14(10-17(16)24)12-31-20-8-6-13(9-18(20)25)11-26-28-21(29)15-3-1-2-4-19(15)27-22(28)30/h1-11H,12H2,(H,27,30). The predicted molar refractivity (Wildman–Crippen MR) is 124 cm³/mol. The van der Waals surface area contributed by atoms with Crippen LogP contribution in [0.3, 0.4) is 0 Å². The number of aromatic amines is 1. The van der Waals surface area contributed by atoms with Gasteiger partial charge in [0.1, 0.15) is 12.4 Å². The first-order valence-corrected chi connectivity index (χ1v) is 10.2. The Morgan fingerprint density at radius 1 is 0.935 bits per heavy atom. The van der Waals surface area contributed by atoms with Crippen molar-refractivity contribution in [1.82, 2.24) is 9.66 Å². The summed E-state index contributed by atoms with van der Waals surface area (Å²) in [5.74, 6) is 0.464. The largest absolute Gasteiger partial charge is 0.487 e. The summed E-state index contributed by atoms with van der Waals surface area (Å²) in [6, 6.07) is 17.0. The van der Waals surface area contributed by atoms with Crippen molar-refractivity contribution in [2.45, 2.75) is 6.61 Å². The fourth-order valence-corrected chi connectivity index (χ4v) is 3.45. The molecule has 0 aliphatic heterocycles. The third kappa shape index (κ3) is 4.66. The summed E-state index contributed by atoms with van der Waals surface area (Å²) in [7, 11) is 0. The molecule has 156 valence electrons. The highest BCUT2D eigenvalue weighted by Crippen LogP contribution is 2.27. The van der Waals surface area contributed by atoms with Crippen molar-refractivity contribution in [2.24, 2.45) is 5.10 Å². The van der Waals surface area contributed by atoms with Gasteiger partial charge in [0.25, 0.3) is 5.56 Å². The zero-order chi connectivity index (χ0) is 22.0. The molecule has 0 unspecified atom stereocenters. The topological polar surface area (TPSA) is 76.5 Å². The van der Waals surface area contributed by atoms with E-state index in [0.717, 1.165) is 10.2 Å². The Kier molecular flexibility index (Phi) is 6.13. The average Bonchev–Trinajstić information content (AvgIpc) is 2.75. The van der Waals surface area contributed by atoms with Gasteiger partial charge in [0.15, 0.2) is 0 Å². The van der Waals surface area contributed by atoms with Crippen LogP contribution in [0.25, 0.3) is 10.9 Å². The van der Waals surface area contributed by atoms with Gasteiger partial charge in [-0.3, -0.25) is 4.79 Å². The number of benzene rings is 3. The molecule has 4 aromatic rings. The average molecular weight is 475 g/mol. The smallest absolute Gasteiger partial charge is 0.349 e. The van der Waals surface area contributed by atoms with E-state index in [0.29, 0.717) is 37.3 Å². The molecule has 0 radical (unpaired) electrons. The molecule has 0 saturated heterocycles. The molecule has 31 heavy (non-hydrogen) atoms. The van der Waals surface area contributed by atoms with E-state index in [1.165, 1.54) is 6.21 Å². The van der Waals surface area contributed by atoms with Crippen LogP contribution in [0, 0.1) is 0 Å². The Balaban J connectivity index is 1.54. The van der Waals surface area contributed by atoms with Crippen LogP contribution >= 0.6 is 34.8 Å². The number of para-hydroxylation sites is 1. The van der Waals surface area contributed by atoms with Crippen LogP contribution < -0.4 is 16.0 Å². The molecule has 0 atom stereocenters. The van der Waals surface area contributed by atoms with Crippen molar-refractivity contribution in [3.8, 4) is 5.75 Å². The highest BCUT2D eigenvalue weighted by atomic mass is 35.5. The van der Waals surface area contributed by atoms with Gasteiger partial charge in [-0.05, 0) is 53.6 Å². The minimum absolute atomic E-state index is 0.256. The van der Waals surface area contributed by atoms with E-state index in [1.807, 2.05) is 6.07 Å². The molecule has 4 rings (SSSR count). The molecule has 0 aliphatic rings. The number of hydrogen-bond acceptors (Lipinski definition) is 4. The van der Waals surface area contributed by atoms with Crippen LogP contribution in [0.5, 0.6) is 5.75 Å². The van der Waals surface area contributed by atoms with Crippen molar-refractivity contribution in [2.75, 3.05) is 0 Å². The SMILES string of the molecule is O=c1[nH]c2ccccc2c(=O)n1N=Cc1ccc(OCc2ccc(Cl)c(Cl)c2)c(Cl)c1. The molecule has 6 nitrogen and oxygen atoms in total. The molecule has 1 N–H and O–H groups in total. The van der Waals surface area contributed by atoms with Gasteiger partial charge in [0, 0.05) is 0 Å². The van der Waals surface area contributed by atoms with Gasteiger partial charge in [-0.25, -0.2) is 4.79 Å². The van der Waals surface area contributed by atoms with E-state index in [-0.39, 0.29) is 6.61 Å². The number of aromatic nitrogens is 2. The molecule has 3 aromatic carbocycles. The van der Waals surface area contributed by atoms with E-state index in [2.05, 4.69) is 10.1 Å². The molecule has 0 aliphatic carbocycles. The Morgan fingerprint density at radius 3 is 2.52 bits per heavy atom. The van der Waals surface area contributed by atoms with E-state index in [1.54, 1.807) is 54.6 Å². The predicted octanol–water partition coefficient (Wildman–Crippen LogP) is 5.11. The summed E-state index contributed by atoms with van der Waals surface area (Å²) in [4.78, 5) is 27.3. The van der Waals surface area contributed by atoms with Crippen LogP contribution in [-0.2, 0) is 6.61 Å². The number of nitrogens with one attached hydrogen (secondary N) is 1. The first kappa shape index (κ1) is 21.2. The maximum absolute atomic E-state index is 12.5. The third-order valence-corrected chi connectivity index (χ3v) is 5.47. The van der Waals surface area contributed by atoms with Gasteiger partial charge >= 0.3 is 5.69 Å². The lowest BCUT2D eigenvalue weighted by Crippen LogP contribution is -2.32. The van der Waals surface area contributed by atoms with Crippen LogP contribution in [0.2, 0.25) is 15.1 Å². The molecule has 0 amide bonds. The van der Waals surface area contributed by atoms with Crippen molar-refractivity contribution in [1.29, 1.82) is 0 Å². The number of nitrogens with zero attached hydrogens (tertiary/aromatic N) is 2. The number of H-pyrrole nitrogens is 1. The quantitative estimate of drug-likeness (QED) is 0.408. The lowest BCUT2D eigenvalue weighted by atomic mass is 10.2. The first-order chi connectivity index (χ1) is 14.9. The number of ether oxygens (including phenoxy) is 1. The zero-order valence-electron chi connectivity index (χ0n) is 15.8. The van der Waals surface area contributed by atoms with Gasteiger partial charge in [-0.2, -0.15) is 5.10 Å². The molecular weight excluding hydrogens is 461 g/mol. The van der Waals surface area contributed by atoms with Crippen LogP contribution in [-0.4, -0.2) is 15.9 Å². The Bertz CT molecular complexity index is 1430. The van der Waals surface area contributed by atoms with Gasteiger partial charge < -0.3 is 9.72 Å². The summed E-state index contributed by atoms with van der Waals surface area (Å²) >= 11 is 18.2. The summed E-state index contributed by atoms with van der Waals surface area (Å²) < 4.78 is 6.50. The van der Waals surface area contributed by atoms with Gasteiger partial charge in [-0.15, -0.1) is 4.68 Å². The minimum atomic E-state index is -0.632. The zero-order valence-corrected chi connectivity index (χ0v) is 18.1. The fourth-order valence-electron chi connectivity index (χ4n) is 2.89. The van der Waals surface area contributed by atoms with Gasteiger partial charge in [0.2, 0.25) is 0 Å². The summed E-state index contributed by atoms with van der Waals surface area (Å²) in [5, 5.41) is 5.64. The molecule has 0 bridgehead atoms. The Morgan fingerprint density at radius 2 is 1.74 bits per heavy atom. The number of rotatable bonds is 5. The first-order valence-electron chi connectivity index (χ1n) is 9.07. The molecule has 1 heterocycles.